The van der Waals surface area contributed by atoms with Crippen LogP contribution in [0.5, 0.6) is 46.0 Å². The minimum atomic E-state index is -0.966. The number of carbonyl (C=O) groups is 1. The number of carbonyl (C=O) groups excluding carboxylic acids is 1. The maximum Gasteiger partial charge on any atom is 0.338 e. The number of hydrogen-bond acceptors (Lipinski definition) is 10. The molecule has 3 aromatic rings. The van der Waals surface area contributed by atoms with E-state index in [0.29, 0.717) is 22.6 Å². The lowest BCUT2D eigenvalue weighted by Gasteiger charge is -2.34. The van der Waals surface area contributed by atoms with E-state index in [1.165, 1.54) is 20.3 Å². The number of esters is 1. The molecule has 0 saturated carbocycles. The highest BCUT2D eigenvalue weighted by Crippen LogP contribution is 2.44. The van der Waals surface area contributed by atoms with Crippen LogP contribution in [-0.2, 0) is 11.2 Å². The molecule has 10 heteroatoms. The average Bonchev–Trinajstić information content (AvgIpc) is 2.81. The maximum absolute atomic E-state index is 12.9. The second-order valence-corrected chi connectivity index (χ2v) is 7.61. The Morgan fingerprint density at radius 2 is 1.56 bits per heavy atom. The molecular formula is C24H22O10. The quantitative estimate of drug-likeness (QED) is 0.277. The van der Waals surface area contributed by atoms with E-state index < -0.39 is 35.4 Å². The molecule has 0 fully saturated rings. The maximum atomic E-state index is 12.9. The highest BCUT2D eigenvalue weighted by molar-refractivity contribution is 5.91. The van der Waals surface area contributed by atoms with E-state index >= 15 is 0 Å². The van der Waals surface area contributed by atoms with Crippen molar-refractivity contribution in [2.24, 2.45) is 0 Å². The first kappa shape index (κ1) is 22.7. The van der Waals surface area contributed by atoms with Gasteiger partial charge in [0.15, 0.2) is 34.9 Å². The first-order chi connectivity index (χ1) is 16.2. The Labute approximate surface area is 193 Å². The second-order valence-electron chi connectivity index (χ2n) is 7.61. The van der Waals surface area contributed by atoms with Gasteiger partial charge in [0.2, 0.25) is 0 Å². The van der Waals surface area contributed by atoms with Gasteiger partial charge in [-0.2, -0.15) is 0 Å². The molecule has 178 valence electrons. The molecular weight excluding hydrogens is 448 g/mol. The molecule has 0 spiro atoms. The molecule has 10 nitrogen and oxygen atoms in total. The van der Waals surface area contributed by atoms with Crippen LogP contribution in [0.2, 0.25) is 0 Å². The van der Waals surface area contributed by atoms with Crippen LogP contribution < -0.4 is 14.2 Å². The summed E-state index contributed by atoms with van der Waals surface area (Å²) in [6.07, 6.45) is -1.81. The Kier molecular flexibility index (Phi) is 5.89. The van der Waals surface area contributed by atoms with Crippen LogP contribution in [0, 0.1) is 0 Å². The Bertz CT molecular complexity index is 1230. The summed E-state index contributed by atoms with van der Waals surface area (Å²) in [5.74, 6) is -2.40. The Hall–Kier alpha value is -4.47. The van der Waals surface area contributed by atoms with Crippen molar-refractivity contribution in [3.8, 4) is 46.0 Å². The third-order valence-corrected chi connectivity index (χ3v) is 5.47. The molecule has 0 radical (unpaired) electrons. The SMILES string of the molecule is COc1ccc(C2Oc3cc(O)cc(O)c3CC2OC(=O)c2cc(O)c(O)c(O)c2)cc1OC. The van der Waals surface area contributed by atoms with E-state index in [9.17, 15) is 30.3 Å². The fraction of sp³-hybridized carbons (Fsp3) is 0.208. The molecule has 0 saturated heterocycles. The fourth-order valence-electron chi connectivity index (χ4n) is 3.79. The zero-order valence-electron chi connectivity index (χ0n) is 18.2. The van der Waals surface area contributed by atoms with Crippen LogP contribution in [0.3, 0.4) is 0 Å². The summed E-state index contributed by atoms with van der Waals surface area (Å²) in [6.45, 7) is 0. The molecule has 5 N–H and O–H groups in total. The Morgan fingerprint density at radius 3 is 2.21 bits per heavy atom. The Balaban J connectivity index is 1.73. The number of phenols is 5. The lowest BCUT2D eigenvalue weighted by molar-refractivity contribution is -0.0189. The van der Waals surface area contributed by atoms with Gasteiger partial charge in [-0.05, 0) is 24.3 Å². The average molecular weight is 470 g/mol. The minimum absolute atomic E-state index is 0.0300. The summed E-state index contributed by atoms with van der Waals surface area (Å²) >= 11 is 0. The molecule has 0 aliphatic carbocycles. The molecule has 0 amide bonds. The van der Waals surface area contributed by atoms with Crippen molar-refractivity contribution in [2.45, 2.75) is 18.6 Å². The third kappa shape index (κ3) is 4.13. The summed E-state index contributed by atoms with van der Waals surface area (Å²) in [5, 5.41) is 49.2. The van der Waals surface area contributed by atoms with Crippen molar-refractivity contribution >= 4 is 5.97 Å². The van der Waals surface area contributed by atoms with Crippen molar-refractivity contribution in [1.29, 1.82) is 0 Å². The van der Waals surface area contributed by atoms with E-state index in [1.54, 1.807) is 18.2 Å². The summed E-state index contributed by atoms with van der Waals surface area (Å²) in [4.78, 5) is 12.9. The predicted octanol–water partition coefficient (Wildman–Crippen LogP) is 3.13. The molecule has 1 aliphatic rings. The van der Waals surface area contributed by atoms with E-state index in [-0.39, 0.29) is 29.2 Å². The van der Waals surface area contributed by atoms with Crippen molar-refractivity contribution in [3.63, 3.8) is 0 Å². The second kappa shape index (κ2) is 8.81. The predicted molar refractivity (Wildman–Crippen MR) is 117 cm³/mol. The summed E-state index contributed by atoms with van der Waals surface area (Å²) in [7, 11) is 2.96. The number of ether oxygens (including phenoxy) is 4. The van der Waals surface area contributed by atoms with Gasteiger partial charge in [-0.3, -0.25) is 0 Å². The molecule has 0 aromatic heterocycles. The molecule has 3 aromatic carbocycles. The third-order valence-electron chi connectivity index (χ3n) is 5.47. The van der Waals surface area contributed by atoms with Crippen LogP contribution in [-0.4, -0.2) is 51.8 Å². The first-order valence-electron chi connectivity index (χ1n) is 10.1. The largest absolute Gasteiger partial charge is 0.508 e. The zero-order valence-corrected chi connectivity index (χ0v) is 18.2. The van der Waals surface area contributed by atoms with Crippen LogP contribution in [0.25, 0.3) is 0 Å². The molecule has 2 atom stereocenters. The number of benzene rings is 3. The summed E-state index contributed by atoms with van der Waals surface area (Å²) in [6, 6.07) is 9.40. The van der Waals surface area contributed by atoms with Gasteiger partial charge in [-0.1, -0.05) is 6.07 Å². The van der Waals surface area contributed by atoms with Gasteiger partial charge < -0.3 is 44.5 Å². The van der Waals surface area contributed by atoms with Crippen LogP contribution in [0.4, 0.5) is 0 Å². The Morgan fingerprint density at radius 1 is 0.882 bits per heavy atom. The van der Waals surface area contributed by atoms with Gasteiger partial charge in [-0.15, -0.1) is 0 Å². The van der Waals surface area contributed by atoms with Gasteiger partial charge in [0.1, 0.15) is 23.4 Å². The number of hydrogen-bond donors (Lipinski definition) is 5. The van der Waals surface area contributed by atoms with Crippen molar-refractivity contribution in [1.82, 2.24) is 0 Å². The highest BCUT2D eigenvalue weighted by atomic mass is 16.6. The van der Waals surface area contributed by atoms with Crippen molar-refractivity contribution < 1.29 is 49.3 Å². The van der Waals surface area contributed by atoms with E-state index in [4.69, 9.17) is 18.9 Å². The number of phenolic OH excluding ortho intramolecular Hbond substituents is 5. The number of rotatable bonds is 5. The number of fused-ring (bicyclic) bond motifs is 1. The van der Waals surface area contributed by atoms with E-state index in [1.807, 2.05) is 0 Å². The molecule has 34 heavy (non-hydrogen) atoms. The number of methoxy groups -OCH3 is 2. The van der Waals surface area contributed by atoms with Gasteiger partial charge in [-0.25, -0.2) is 4.79 Å². The number of aromatic hydroxyl groups is 5. The van der Waals surface area contributed by atoms with Crippen LogP contribution in [0.15, 0.2) is 42.5 Å². The van der Waals surface area contributed by atoms with Crippen LogP contribution >= 0.6 is 0 Å². The zero-order chi connectivity index (χ0) is 24.6. The van der Waals surface area contributed by atoms with Gasteiger partial charge in [0, 0.05) is 29.7 Å². The fourth-order valence-corrected chi connectivity index (χ4v) is 3.79. The molecule has 0 bridgehead atoms. The van der Waals surface area contributed by atoms with Crippen molar-refractivity contribution in [2.75, 3.05) is 14.2 Å². The minimum Gasteiger partial charge on any atom is -0.508 e. The lowest BCUT2D eigenvalue weighted by atomic mass is 9.93. The van der Waals surface area contributed by atoms with E-state index in [2.05, 4.69) is 0 Å². The highest BCUT2D eigenvalue weighted by Gasteiger charge is 2.37. The standard InChI is InChI=1S/C24H22O10/c1-31-18-4-3-11(7-20(18)32-2)23-21(10-14-15(26)8-13(25)9-19(14)33-23)34-24(30)12-5-16(27)22(29)17(28)6-12/h3-9,21,23,25-29H,10H2,1-2H3. The molecule has 1 heterocycles. The van der Waals surface area contributed by atoms with Gasteiger partial charge in [0.25, 0.3) is 0 Å². The summed E-state index contributed by atoms with van der Waals surface area (Å²) in [5.41, 5.74) is 0.670. The smallest absolute Gasteiger partial charge is 0.338 e. The van der Waals surface area contributed by atoms with Crippen LogP contribution in [0.1, 0.15) is 27.6 Å². The first-order valence-corrected chi connectivity index (χ1v) is 10.1. The van der Waals surface area contributed by atoms with Gasteiger partial charge in [0.05, 0.1) is 19.8 Å². The normalized spacial score (nSPS) is 16.8. The van der Waals surface area contributed by atoms with Gasteiger partial charge >= 0.3 is 5.97 Å². The monoisotopic (exact) mass is 470 g/mol. The molecule has 1 aliphatic heterocycles. The van der Waals surface area contributed by atoms with Crippen molar-refractivity contribution in [3.05, 3.63) is 59.2 Å². The lowest BCUT2D eigenvalue weighted by Crippen LogP contribution is -2.34. The summed E-state index contributed by atoms with van der Waals surface area (Å²) < 4.78 is 22.3. The topological polar surface area (TPSA) is 155 Å². The van der Waals surface area contributed by atoms with E-state index in [0.717, 1.165) is 18.2 Å². The molecule has 4 rings (SSSR count). The molecule has 2 unspecified atom stereocenters.